The molecule has 0 bridgehead atoms. The zero-order valence-corrected chi connectivity index (χ0v) is 11.5. The van der Waals surface area contributed by atoms with Crippen molar-refractivity contribution in [1.82, 2.24) is 15.2 Å². The number of nitrogens with two attached hydrogens (primary N) is 1. The van der Waals surface area contributed by atoms with Gasteiger partial charge in [-0.3, -0.25) is 9.78 Å². The Balaban J connectivity index is 2.76. The molecule has 5 nitrogen and oxygen atoms in total. The third-order valence-electron chi connectivity index (χ3n) is 2.78. The van der Waals surface area contributed by atoms with Crippen LogP contribution in [0.1, 0.15) is 24.2 Å². The molecule has 1 aromatic rings. The lowest BCUT2D eigenvalue weighted by Gasteiger charge is -2.25. The minimum Gasteiger partial charge on any atom is -0.398 e. The van der Waals surface area contributed by atoms with Crippen molar-refractivity contribution in [2.75, 3.05) is 26.4 Å². The zero-order valence-electron chi connectivity index (χ0n) is 11.5. The van der Waals surface area contributed by atoms with Crippen molar-refractivity contribution in [2.45, 2.75) is 19.9 Å². The Morgan fingerprint density at radius 2 is 2.17 bits per heavy atom. The summed E-state index contributed by atoms with van der Waals surface area (Å²) < 4.78 is 0. The van der Waals surface area contributed by atoms with E-state index in [1.54, 1.807) is 12.3 Å². The minimum absolute atomic E-state index is 0.0899. The predicted molar refractivity (Wildman–Crippen MR) is 73.3 cm³/mol. The Morgan fingerprint density at radius 1 is 1.50 bits per heavy atom. The summed E-state index contributed by atoms with van der Waals surface area (Å²) in [5, 5.41) is 3.00. The molecule has 5 heteroatoms. The highest BCUT2D eigenvalue weighted by Crippen LogP contribution is 2.10. The lowest BCUT2D eigenvalue weighted by molar-refractivity contribution is 0.0917. The molecule has 18 heavy (non-hydrogen) atoms. The molecule has 1 aromatic heterocycles. The molecule has 1 unspecified atom stereocenters. The summed E-state index contributed by atoms with van der Waals surface area (Å²) in [7, 11) is 3.97. The Labute approximate surface area is 108 Å². The first kappa shape index (κ1) is 14.4. The van der Waals surface area contributed by atoms with Gasteiger partial charge in [0.05, 0.1) is 5.56 Å². The third-order valence-corrected chi connectivity index (χ3v) is 2.78. The van der Waals surface area contributed by atoms with E-state index >= 15 is 0 Å². The fourth-order valence-electron chi connectivity index (χ4n) is 1.66. The van der Waals surface area contributed by atoms with Gasteiger partial charge in [0.1, 0.15) is 0 Å². The number of carbonyl (C=O) groups excluding carboxylic acids is 1. The molecule has 0 radical (unpaired) electrons. The fraction of sp³-hybridized carbons (Fsp3) is 0.538. The van der Waals surface area contributed by atoms with Gasteiger partial charge in [0, 0.05) is 30.7 Å². The van der Waals surface area contributed by atoms with Gasteiger partial charge in [-0.1, -0.05) is 13.8 Å². The third kappa shape index (κ3) is 4.00. The monoisotopic (exact) mass is 250 g/mol. The van der Waals surface area contributed by atoms with Gasteiger partial charge >= 0.3 is 0 Å². The van der Waals surface area contributed by atoms with E-state index in [0.29, 0.717) is 17.2 Å². The topological polar surface area (TPSA) is 71.2 Å². The van der Waals surface area contributed by atoms with Crippen molar-refractivity contribution in [3.8, 4) is 0 Å². The van der Waals surface area contributed by atoms with Gasteiger partial charge in [0.2, 0.25) is 0 Å². The molecule has 1 atom stereocenters. The van der Waals surface area contributed by atoms with Crippen LogP contribution < -0.4 is 11.1 Å². The molecule has 1 amide bonds. The average Bonchev–Trinajstić information content (AvgIpc) is 2.27. The van der Waals surface area contributed by atoms with Crippen LogP contribution in [0, 0.1) is 5.92 Å². The van der Waals surface area contributed by atoms with Crippen molar-refractivity contribution in [3.63, 3.8) is 0 Å². The van der Waals surface area contributed by atoms with E-state index in [0.717, 1.165) is 6.54 Å². The zero-order chi connectivity index (χ0) is 13.7. The van der Waals surface area contributed by atoms with Gasteiger partial charge in [-0.25, -0.2) is 0 Å². The summed E-state index contributed by atoms with van der Waals surface area (Å²) in [5.41, 5.74) is 6.65. The highest BCUT2D eigenvalue weighted by Gasteiger charge is 2.19. The number of hydrogen-bond acceptors (Lipinski definition) is 4. The number of pyridine rings is 1. The SMILES string of the molecule is CC(C)C(CN(C)C)NC(=O)c1cnccc1N. The quantitative estimate of drug-likeness (QED) is 0.817. The van der Waals surface area contributed by atoms with Gasteiger partial charge in [0.15, 0.2) is 0 Å². The lowest BCUT2D eigenvalue weighted by Crippen LogP contribution is -2.45. The molecule has 0 spiro atoms. The average molecular weight is 250 g/mol. The standard InChI is InChI=1S/C13H22N4O/c1-9(2)12(8-17(3)4)16-13(18)10-7-15-6-5-11(10)14/h5-7,9,12H,8H2,1-4H3,(H2,14,15)(H,16,18). The number of nitrogen functional groups attached to an aromatic ring is 1. The van der Waals surface area contributed by atoms with E-state index in [1.807, 2.05) is 14.1 Å². The maximum absolute atomic E-state index is 12.1. The van der Waals surface area contributed by atoms with Crippen LogP contribution in [-0.4, -0.2) is 42.5 Å². The van der Waals surface area contributed by atoms with Crippen LogP contribution in [-0.2, 0) is 0 Å². The van der Waals surface area contributed by atoms with Crippen LogP contribution in [0.4, 0.5) is 5.69 Å². The van der Waals surface area contributed by atoms with Crippen LogP contribution in [0.2, 0.25) is 0 Å². The molecule has 0 aliphatic carbocycles. The van der Waals surface area contributed by atoms with Gasteiger partial charge in [0.25, 0.3) is 5.91 Å². The maximum atomic E-state index is 12.1. The van der Waals surface area contributed by atoms with E-state index in [-0.39, 0.29) is 11.9 Å². The van der Waals surface area contributed by atoms with Gasteiger partial charge < -0.3 is 16.0 Å². The van der Waals surface area contributed by atoms with Crippen LogP contribution in [0.5, 0.6) is 0 Å². The van der Waals surface area contributed by atoms with E-state index in [4.69, 9.17) is 5.73 Å². The summed E-state index contributed by atoms with van der Waals surface area (Å²) in [6.07, 6.45) is 3.07. The summed E-state index contributed by atoms with van der Waals surface area (Å²) in [6.45, 7) is 4.96. The number of carbonyl (C=O) groups is 1. The molecule has 0 aliphatic rings. The molecule has 0 saturated heterocycles. The summed E-state index contributed by atoms with van der Waals surface area (Å²) in [5.74, 6) is 0.190. The summed E-state index contributed by atoms with van der Waals surface area (Å²) >= 11 is 0. The molecular formula is C13H22N4O. The molecule has 1 heterocycles. The van der Waals surface area contributed by atoms with Crippen LogP contribution in [0.3, 0.4) is 0 Å². The van der Waals surface area contributed by atoms with Gasteiger partial charge in [-0.05, 0) is 26.1 Å². The van der Waals surface area contributed by atoms with Crippen LogP contribution in [0.25, 0.3) is 0 Å². The number of nitrogens with one attached hydrogen (secondary N) is 1. The predicted octanol–water partition coefficient (Wildman–Crippen LogP) is 0.980. The lowest BCUT2D eigenvalue weighted by atomic mass is 10.0. The van der Waals surface area contributed by atoms with Crippen molar-refractivity contribution in [1.29, 1.82) is 0 Å². The first-order valence-corrected chi connectivity index (χ1v) is 6.07. The van der Waals surface area contributed by atoms with E-state index in [9.17, 15) is 4.79 Å². The number of amides is 1. The Bertz CT molecular complexity index is 404. The van der Waals surface area contributed by atoms with Gasteiger partial charge in [-0.15, -0.1) is 0 Å². The first-order chi connectivity index (χ1) is 8.41. The number of nitrogens with zero attached hydrogens (tertiary/aromatic N) is 2. The molecule has 100 valence electrons. The molecule has 0 aromatic carbocycles. The van der Waals surface area contributed by atoms with E-state index < -0.39 is 0 Å². The summed E-state index contributed by atoms with van der Waals surface area (Å²) in [6, 6.07) is 1.72. The van der Waals surface area contributed by atoms with Crippen molar-refractivity contribution in [2.24, 2.45) is 5.92 Å². The van der Waals surface area contributed by atoms with Gasteiger partial charge in [-0.2, -0.15) is 0 Å². The molecule has 0 aliphatic heterocycles. The van der Waals surface area contributed by atoms with Crippen molar-refractivity contribution < 1.29 is 4.79 Å². The second-order valence-corrected chi connectivity index (χ2v) is 5.05. The largest absolute Gasteiger partial charge is 0.398 e. The fourth-order valence-corrected chi connectivity index (χ4v) is 1.66. The van der Waals surface area contributed by atoms with Crippen LogP contribution in [0.15, 0.2) is 18.5 Å². The smallest absolute Gasteiger partial charge is 0.255 e. The Morgan fingerprint density at radius 3 is 2.67 bits per heavy atom. The number of hydrogen-bond donors (Lipinski definition) is 2. The number of anilines is 1. The molecular weight excluding hydrogens is 228 g/mol. The van der Waals surface area contributed by atoms with E-state index in [1.165, 1.54) is 6.20 Å². The van der Waals surface area contributed by atoms with E-state index in [2.05, 4.69) is 29.0 Å². The normalized spacial score (nSPS) is 12.8. The Hall–Kier alpha value is -1.62. The maximum Gasteiger partial charge on any atom is 0.255 e. The second-order valence-electron chi connectivity index (χ2n) is 5.05. The van der Waals surface area contributed by atoms with Crippen LogP contribution >= 0.6 is 0 Å². The van der Waals surface area contributed by atoms with Crippen molar-refractivity contribution >= 4 is 11.6 Å². The molecule has 1 rings (SSSR count). The highest BCUT2D eigenvalue weighted by molar-refractivity contribution is 5.98. The second kappa shape index (κ2) is 6.35. The number of likely N-dealkylation sites (N-methyl/N-ethyl adjacent to an activating group) is 1. The molecule has 3 N–H and O–H groups in total. The highest BCUT2D eigenvalue weighted by atomic mass is 16.1. The Kier molecular flexibility index (Phi) is 5.09. The number of rotatable bonds is 5. The first-order valence-electron chi connectivity index (χ1n) is 6.07. The molecule has 0 saturated carbocycles. The molecule has 0 fully saturated rings. The number of aromatic nitrogens is 1. The minimum atomic E-state index is -0.166. The van der Waals surface area contributed by atoms with Crippen molar-refractivity contribution in [3.05, 3.63) is 24.0 Å². The summed E-state index contributed by atoms with van der Waals surface area (Å²) in [4.78, 5) is 18.1.